The topological polar surface area (TPSA) is 61.3 Å². The van der Waals surface area contributed by atoms with Crippen LogP contribution in [-0.2, 0) is 0 Å². The molecule has 18 heavy (non-hydrogen) atoms. The minimum Gasteiger partial charge on any atom is -0.393 e. The van der Waals surface area contributed by atoms with E-state index in [1.807, 2.05) is 6.07 Å². The average Bonchev–Trinajstić information content (AvgIpc) is 2.77. The van der Waals surface area contributed by atoms with E-state index in [9.17, 15) is 5.11 Å². The first-order valence-corrected chi connectivity index (χ1v) is 6.77. The first-order chi connectivity index (χ1) is 8.70. The molecule has 0 amide bonds. The standard InChI is InChI=1S/C12H17ClN4O/c13-11-1-2-12(16-15-11)17-4-3-8(7-17)14-9-5-10(18)6-9/h1-2,8-10,14,18H,3-7H2. The first kappa shape index (κ1) is 12.1. The fourth-order valence-corrected chi connectivity index (χ4v) is 2.74. The Labute approximate surface area is 111 Å². The molecule has 2 aliphatic rings. The molecular formula is C12H17ClN4O. The lowest BCUT2D eigenvalue weighted by Gasteiger charge is -2.34. The molecule has 6 heteroatoms. The second-order valence-electron chi connectivity index (χ2n) is 5.13. The van der Waals surface area contributed by atoms with Gasteiger partial charge in [-0.25, -0.2) is 0 Å². The van der Waals surface area contributed by atoms with E-state index in [1.165, 1.54) is 0 Å². The summed E-state index contributed by atoms with van der Waals surface area (Å²) in [6, 6.07) is 4.65. The summed E-state index contributed by atoms with van der Waals surface area (Å²) in [5.74, 6) is 0.886. The maximum atomic E-state index is 9.27. The van der Waals surface area contributed by atoms with Crippen molar-refractivity contribution in [2.24, 2.45) is 0 Å². The number of hydrogen-bond donors (Lipinski definition) is 2. The van der Waals surface area contributed by atoms with E-state index >= 15 is 0 Å². The van der Waals surface area contributed by atoms with Crippen LogP contribution in [0.3, 0.4) is 0 Å². The number of aliphatic hydroxyl groups excluding tert-OH is 1. The maximum Gasteiger partial charge on any atom is 0.151 e. The summed E-state index contributed by atoms with van der Waals surface area (Å²) in [6.07, 6.45) is 2.79. The van der Waals surface area contributed by atoms with Crippen molar-refractivity contribution in [3.8, 4) is 0 Å². The highest BCUT2D eigenvalue weighted by atomic mass is 35.5. The molecule has 1 saturated heterocycles. The van der Waals surface area contributed by atoms with Crippen molar-refractivity contribution in [1.82, 2.24) is 15.5 Å². The summed E-state index contributed by atoms with van der Waals surface area (Å²) in [6.45, 7) is 1.94. The van der Waals surface area contributed by atoms with Gasteiger partial charge in [-0.05, 0) is 31.4 Å². The third-order valence-corrected chi connectivity index (χ3v) is 3.92. The van der Waals surface area contributed by atoms with Gasteiger partial charge in [0.05, 0.1) is 6.10 Å². The lowest BCUT2D eigenvalue weighted by Crippen LogP contribution is -2.49. The predicted octanol–water partition coefficient (Wildman–Crippen LogP) is 0.822. The molecule has 0 aromatic carbocycles. The van der Waals surface area contributed by atoms with Gasteiger partial charge < -0.3 is 15.3 Å². The van der Waals surface area contributed by atoms with E-state index in [0.29, 0.717) is 17.2 Å². The van der Waals surface area contributed by atoms with Crippen molar-refractivity contribution < 1.29 is 5.11 Å². The fraction of sp³-hybridized carbons (Fsp3) is 0.667. The summed E-state index contributed by atoms with van der Waals surface area (Å²) >= 11 is 5.73. The monoisotopic (exact) mass is 268 g/mol. The predicted molar refractivity (Wildman–Crippen MR) is 69.8 cm³/mol. The number of hydrogen-bond acceptors (Lipinski definition) is 5. The molecule has 1 saturated carbocycles. The first-order valence-electron chi connectivity index (χ1n) is 6.39. The van der Waals surface area contributed by atoms with Gasteiger partial charge in [0.25, 0.3) is 0 Å². The van der Waals surface area contributed by atoms with Gasteiger partial charge in [-0.1, -0.05) is 11.6 Å². The fourth-order valence-electron chi connectivity index (χ4n) is 2.64. The molecule has 1 atom stereocenters. The zero-order valence-electron chi connectivity index (χ0n) is 10.1. The molecule has 0 bridgehead atoms. The molecule has 5 nitrogen and oxygen atoms in total. The molecule has 1 unspecified atom stereocenters. The highest BCUT2D eigenvalue weighted by Gasteiger charge is 2.31. The Bertz CT molecular complexity index is 407. The normalized spacial score (nSPS) is 31.4. The van der Waals surface area contributed by atoms with Crippen molar-refractivity contribution in [3.63, 3.8) is 0 Å². The van der Waals surface area contributed by atoms with Crippen molar-refractivity contribution in [3.05, 3.63) is 17.3 Å². The second kappa shape index (κ2) is 4.99. The molecule has 1 aliphatic heterocycles. The Hall–Kier alpha value is -0.910. The number of aliphatic hydroxyl groups is 1. The third-order valence-electron chi connectivity index (χ3n) is 3.71. The largest absolute Gasteiger partial charge is 0.393 e. The van der Waals surface area contributed by atoms with Crippen LogP contribution in [0.25, 0.3) is 0 Å². The van der Waals surface area contributed by atoms with Gasteiger partial charge in [0.1, 0.15) is 0 Å². The molecule has 98 valence electrons. The van der Waals surface area contributed by atoms with Gasteiger partial charge in [-0.15, -0.1) is 10.2 Å². The van der Waals surface area contributed by atoms with E-state index in [2.05, 4.69) is 20.4 Å². The molecule has 0 radical (unpaired) electrons. The Morgan fingerprint density at radius 2 is 2.11 bits per heavy atom. The minimum atomic E-state index is -0.0952. The molecule has 0 spiro atoms. The van der Waals surface area contributed by atoms with Gasteiger partial charge in [0.2, 0.25) is 0 Å². The smallest absolute Gasteiger partial charge is 0.151 e. The SMILES string of the molecule is OC1CC(NC2CCN(c3ccc(Cl)nn3)C2)C1. The number of anilines is 1. The van der Waals surface area contributed by atoms with Crippen LogP contribution in [0.5, 0.6) is 0 Å². The zero-order chi connectivity index (χ0) is 12.5. The van der Waals surface area contributed by atoms with Crippen LogP contribution in [0.1, 0.15) is 19.3 Å². The highest BCUT2D eigenvalue weighted by Crippen LogP contribution is 2.23. The number of aromatic nitrogens is 2. The van der Waals surface area contributed by atoms with Gasteiger partial charge in [-0.2, -0.15) is 0 Å². The number of halogens is 1. The molecule has 1 aromatic heterocycles. The summed E-state index contributed by atoms with van der Waals surface area (Å²) < 4.78 is 0. The molecule has 2 heterocycles. The van der Waals surface area contributed by atoms with E-state index in [-0.39, 0.29) is 6.10 Å². The highest BCUT2D eigenvalue weighted by molar-refractivity contribution is 6.29. The van der Waals surface area contributed by atoms with E-state index in [1.54, 1.807) is 6.07 Å². The van der Waals surface area contributed by atoms with Gasteiger partial charge >= 0.3 is 0 Å². The summed E-state index contributed by atoms with van der Waals surface area (Å²) in [5.41, 5.74) is 0. The maximum absolute atomic E-state index is 9.27. The Balaban J connectivity index is 1.53. The van der Waals surface area contributed by atoms with Crippen LogP contribution in [0.15, 0.2) is 12.1 Å². The van der Waals surface area contributed by atoms with Crippen molar-refractivity contribution in [1.29, 1.82) is 0 Å². The zero-order valence-corrected chi connectivity index (χ0v) is 10.8. The Kier molecular flexibility index (Phi) is 3.37. The van der Waals surface area contributed by atoms with Gasteiger partial charge in [-0.3, -0.25) is 0 Å². The third kappa shape index (κ3) is 2.58. The molecule has 2 fully saturated rings. The van der Waals surface area contributed by atoms with Crippen LogP contribution in [0.2, 0.25) is 5.15 Å². The lowest BCUT2D eigenvalue weighted by atomic mass is 9.89. The Morgan fingerprint density at radius 1 is 1.28 bits per heavy atom. The van der Waals surface area contributed by atoms with E-state index in [4.69, 9.17) is 11.6 Å². The minimum absolute atomic E-state index is 0.0952. The van der Waals surface area contributed by atoms with Crippen molar-refractivity contribution in [2.75, 3.05) is 18.0 Å². The quantitative estimate of drug-likeness (QED) is 0.850. The average molecular weight is 269 g/mol. The molecular weight excluding hydrogens is 252 g/mol. The molecule has 1 aliphatic carbocycles. The van der Waals surface area contributed by atoms with Crippen LogP contribution in [0, 0.1) is 0 Å². The lowest BCUT2D eigenvalue weighted by molar-refractivity contribution is 0.0588. The van der Waals surface area contributed by atoms with Crippen LogP contribution >= 0.6 is 11.6 Å². The van der Waals surface area contributed by atoms with Crippen LogP contribution in [0.4, 0.5) is 5.82 Å². The summed E-state index contributed by atoms with van der Waals surface area (Å²) in [5, 5.41) is 21.2. The van der Waals surface area contributed by atoms with Crippen molar-refractivity contribution >= 4 is 17.4 Å². The van der Waals surface area contributed by atoms with Crippen molar-refractivity contribution in [2.45, 2.75) is 37.5 Å². The number of nitrogens with one attached hydrogen (secondary N) is 1. The van der Waals surface area contributed by atoms with Crippen LogP contribution < -0.4 is 10.2 Å². The van der Waals surface area contributed by atoms with Gasteiger partial charge in [0.15, 0.2) is 11.0 Å². The summed E-state index contributed by atoms with van der Waals surface area (Å²) in [7, 11) is 0. The van der Waals surface area contributed by atoms with Crippen LogP contribution in [-0.4, -0.2) is 46.6 Å². The van der Waals surface area contributed by atoms with Gasteiger partial charge in [0, 0.05) is 25.2 Å². The molecule has 2 N–H and O–H groups in total. The number of nitrogens with zero attached hydrogens (tertiary/aromatic N) is 3. The molecule has 1 aromatic rings. The van der Waals surface area contributed by atoms with E-state index in [0.717, 1.165) is 38.2 Å². The Morgan fingerprint density at radius 3 is 2.78 bits per heavy atom. The second-order valence-corrected chi connectivity index (χ2v) is 5.52. The van der Waals surface area contributed by atoms with E-state index < -0.39 is 0 Å². The summed E-state index contributed by atoms with van der Waals surface area (Å²) in [4.78, 5) is 2.22. The number of rotatable bonds is 3. The molecule has 3 rings (SSSR count).